The van der Waals surface area contributed by atoms with E-state index in [-0.39, 0.29) is 16.9 Å². The number of benzene rings is 2. The average Bonchev–Trinajstić information content (AvgIpc) is 3.19. The first-order valence-corrected chi connectivity index (χ1v) is 10.4. The number of anilines is 1. The molecule has 6 nitrogen and oxygen atoms in total. The third kappa shape index (κ3) is 4.61. The van der Waals surface area contributed by atoms with Crippen molar-refractivity contribution in [1.82, 2.24) is 5.32 Å². The second-order valence-electron chi connectivity index (χ2n) is 6.32. The van der Waals surface area contributed by atoms with Gasteiger partial charge in [-0.2, -0.15) is 0 Å². The van der Waals surface area contributed by atoms with Crippen LogP contribution in [0.3, 0.4) is 0 Å². The molecule has 27 heavy (non-hydrogen) atoms. The fraction of sp³-hybridized carbons (Fsp3) is 0.316. The molecule has 1 heterocycles. The Balaban J connectivity index is 1.75. The van der Waals surface area contributed by atoms with Crippen LogP contribution in [0.2, 0.25) is 5.02 Å². The number of amides is 1. The number of nitrogens with one attached hydrogen (secondary N) is 1. The number of hydrogen-bond donors (Lipinski definition) is 1. The van der Waals surface area contributed by atoms with Crippen molar-refractivity contribution >= 4 is 33.2 Å². The Morgan fingerprint density at radius 3 is 2.67 bits per heavy atom. The van der Waals surface area contributed by atoms with E-state index in [1.165, 1.54) is 31.3 Å². The molecule has 1 aliphatic rings. The molecule has 0 radical (unpaired) electrons. The molecule has 0 bridgehead atoms. The van der Waals surface area contributed by atoms with E-state index in [0.717, 1.165) is 23.8 Å². The van der Waals surface area contributed by atoms with Crippen molar-refractivity contribution in [3.05, 3.63) is 59.1 Å². The Labute approximate surface area is 164 Å². The highest BCUT2D eigenvalue weighted by molar-refractivity contribution is 7.92. The van der Waals surface area contributed by atoms with Crippen LogP contribution in [0.25, 0.3) is 0 Å². The van der Waals surface area contributed by atoms with E-state index in [1.54, 1.807) is 24.3 Å². The van der Waals surface area contributed by atoms with Crippen LogP contribution in [0.5, 0.6) is 0 Å². The molecule has 2 aromatic carbocycles. The topological polar surface area (TPSA) is 75.7 Å². The van der Waals surface area contributed by atoms with Crippen molar-refractivity contribution in [2.24, 2.45) is 0 Å². The normalized spacial score (nSPS) is 16.9. The molecule has 1 saturated heterocycles. The third-order valence-electron chi connectivity index (χ3n) is 4.46. The molecule has 1 amide bonds. The van der Waals surface area contributed by atoms with Crippen LogP contribution in [-0.4, -0.2) is 40.6 Å². The van der Waals surface area contributed by atoms with E-state index in [4.69, 9.17) is 16.3 Å². The van der Waals surface area contributed by atoms with Gasteiger partial charge in [0.15, 0.2) is 0 Å². The van der Waals surface area contributed by atoms with Gasteiger partial charge in [0.2, 0.25) is 0 Å². The summed E-state index contributed by atoms with van der Waals surface area (Å²) in [6.07, 6.45) is 1.98. The number of rotatable bonds is 6. The van der Waals surface area contributed by atoms with Gasteiger partial charge >= 0.3 is 0 Å². The Morgan fingerprint density at radius 1 is 1.26 bits per heavy atom. The highest BCUT2D eigenvalue weighted by Crippen LogP contribution is 2.24. The van der Waals surface area contributed by atoms with Gasteiger partial charge in [0.25, 0.3) is 15.9 Å². The first-order chi connectivity index (χ1) is 12.9. The zero-order chi connectivity index (χ0) is 19.4. The van der Waals surface area contributed by atoms with Crippen molar-refractivity contribution < 1.29 is 17.9 Å². The molecule has 0 spiro atoms. The van der Waals surface area contributed by atoms with Gasteiger partial charge in [0.05, 0.1) is 16.7 Å². The summed E-state index contributed by atoms with van der Waals surface area (Å²) < 4.78 is 32.2. The summed E-state index contributed by atoms with van der Waals surface area (Å²) in [5.74, 6) is -0.260. The summed E-state index contributed by atoms with van der Waals surface area (Å²) in [5, 5.41) is 3.30. The number of hydrogen-bond acceptors (Lipinski definition) is 4. The maximum Gasteiger partial charge on any atom is 0.264 e. The summed E-state index contributed by atoms with van der Waals surface area (Å²) in [6, 6.07) is 12.5. The van der Waals surface area contributed by atoms with Crippen LogP contribution in [0.15, 0.2) is 53.4 Å². The predicted octanol–water partition coefficient (Wildman–Crippen LogP) is 3.07. The minimum Gasteiger partial charge on any atom is -0.376 e. The molecule has 3 rings (SSSR count). The molecule has 0 aliphatic carbocycles. The van der Waals surface area contributed by atoms with Gasteiger partial charge in [-0.3, -0.25) is 9.10 Å². The first-order valence-electron chi connectivity index (χ1n) is 8.62. The molecular formula is C19H21ClN2O4S. The Kier molecular flexibility index (Phi) is 6.04. The Bertz CT molecular complexity index is 910. The van der Waals surface area contributed by atoms with Crippen LogP contribution >= 0.6 is 11.6 Å². The molecule has 0 aromatic heterocycles. The van der Waals surface area contributed by atoms with Crippen LogP contribution in [0.4, 0.5) is 5.69 Å². The molecule has 2 aromatic rings. The van der Waals surface area contributed by atoms with Crippen molar-refractivity contribution in [2.45, 2.75) is 23.8 Å². The summed E-state index contributed by atoms with van der Waals surface area (Å²) in [5.41, 5.74) is 0.790. The SMILES string of the molecule is CN(c1cccc(C(=O)NC[C@H]2CCCO2)c1)S(=O)(=O)c1ccc(Cl)cc1. The fourth-order valence-corrected chi connectivity index (χ4v) is 4.17. The number of sulfonamides is 1. The van der Waals surface area contributed by atoms with Crippen LogP contribution < -0.4 is 9.62 Å². The number of carbonyl (C=O) groups is 1. The minimum absolute atomic E-state index is 0.0464. The standard InChI is InChI=1S/C19H21ClN2O4S/c1-22(27(24,25)18-9-7-15(20)8-10-18)16-5-2-4-14(12-16)19(23)21-13-17-6-3-11-26-17/h2,4-5,7-10,12,17H,3,6,11,13H2,1H3,(H,21,23)/t17-/m1/s1. The highest BCUT2D eigenvalue weighted by Gasteiger charge is 2.22. The molecule has 1 N–H and O–H groups in total. The fourth-order valence-electron chi connectivity index (χ4n) is 2.86. The average molecular weight is 409 g/mol. The monoisotopic (exact) mass is 408 g/mol. The maximum absolute atomic E-state index is 12.8. The summed E-state index contributed by atoms with van der Waals surface area (Å²) in [7, 11) is -2.30. The second-order valence-corrected chi connectivity index (χ2v) is 8.73. The van der Waals surface area contributed by atoms with Gasteiger partial charge < -0.3 is 10.1 Å². The minimum atomic E-state index is -3.75. The lowest BCUT2D eigenvalue weighted by Gasteiger charge is -2.20. The zero-order valence-corrected chi connectivity index (χ0v) is 16.5. The molecular weight excluding hydrogens is 388 g/mol. The van der Waals surface area contributed by atoms with E-state index < -0.39 is 10.0 Å². The predicted molar refractivity (Wildman–Crippen MR) is 105 cm³/mol. The van der Waals surface area contributed by atoms with E-state index in [0.29, 0.717) is 22.8 Å². The quantitative estimate of drug-likeness (QED) is 0.796. The first kappa shape index (κ1) is 19.7. The van der Waals surface area contributed by atoms with Gasteiger partial charge in [0, 0.05) is 30.8 Å². The van der Waals surface area contributed by atoms with Gasteiger partial charge in [-0.15, -0.1) is 0 Å². The van der Waals surface area contributed by atoms with Crippen molar-refractivity contribution in [3.63, 3.8) is 0 Å². The maximum atomic E-state index is 12.8. The molecule has 8 heteroatoms. The molecule has 1 atom stereocenters. The summed E-state index contributed by atoms with van der Waals surface area (Å²) >= 11 is 5.83. The number of carbonyl (C=O) groups excluding carboxylic acids is 1. The molecule has 144 valence electrons. The second kappa shape index (κ2) is 8.29. The van der Waals surface area contributed by atoms with E-state index in [1.807, 2.05) is 0 Å². The lowest BCUT2D eigenvalue weighted by atomic mass is 10.2. The smallest absolute Gasteiger partial charge is 0.264 e. The highest BCUT2D eigenvalue weighted by atomic mass is 35.5. The van der Waals surface area contributed by atoms with Crippen LogP contribution in [-0.2, 0) is 14.8 Å². The lowest BCUT2D eigenvalue weighted by Crippen LogP contribution is -2.32. The molecule has 1 fully saturated rings. The lowest BCUT2D eigenvalue weighted by molar-refractivity contribution is 0.0858. The van der Waals surface area contributed by atoms with Gasteiger partial charge in [-0.05, 0) is 55.3 Å². The van der Waals surface area contributed by atoms with Gasteiger partial charge in [0.1, 0.15) is 0 Å². The van der Waals surface area contributed by atoms with Crippen LogP contribution in [0, 0.1) is 0 Å². The van der Waals surface area contributed by atoms with E-state index >= 15 is 0 Å². The van der Waals surface area contributed by atoms with Crippen molar-refractivity contribution in [3.8, 4) is 0 Å². The summed E-state index contributed by atoms with van der Waals surface area (Å²) in [4.78, 5) is 12.5. The number of nitrogens with zero attached hydrogens (tertiary/aromatic N) is 1. The van der Waals surface area contributed by atoms with Gasteiger partial charge in [-0.25, -0.2) is 8.42 Å². The van der Waals surface area contributed by atoms with Crippen LogP contribution in [0.1, 0.15) is 23.2 Å². The summed E-state index contributed by atoms with van der Waals surface area (Å²) in [6.45, 7) is 1.17. The van der Waals surface area contributed by atoms with E-state index in [2.05, 4.69) is 5.32 Å². The Morgan fingerprint density at radius 2 is 2.00 bits per heavy atom. The van der Waals surface area contributed by atoms with Crippen molar-refractivity contribution in [2.75, 3.05) is 24.5 Å². The van der Waals surface area contributed by atoms with Crippen molar-refractivity contribution in [1.29, 1.82) is 0 Å². The largest absolute Gasteiger partial charge is 0.376 e. The molecule has 1 aliphatic heterocycles. The van der Waals surface area contributed by atoms with Gasteiger partial charge in [-0.1, -0.05) is 17.7 Å². The molecule has 0 saturated carbocycles. The molecule has 0 unspecified atom stereocenters. The number of ether oxygens (including phenoxy) is 1. The Hall–Kier alpha value is -2.09. The van der Waals surface area contributed by atoms with E-state index in [9.17, 15) is 13.2 Å². The number of halogens is 1. The third-order valence-corrected chi connectivity index (χ3v) is 6.51. The zero-order valence-electron chi connectivity index (χ0n) is 14.9.